The molecule has 0 aliphatic heterocycles. The average Bonchev–Trinajstić information content (AvgIpc) is 2.42. The summed E-state index contributed by atoms with van der Waals surface area (Å²) < 4.78 is 5.22. The van der Waals surface area contributed by atoms with E-state index in [2.05, 4.69) is 17.4 Å². The number of aliphatic hydroxyl groups is 1. The highest BCUT2D eigenvalue weighted by Gasteiger charge is 2.19. The SMILES string of the molecule is CC(C)(C)OC(=O)NCc1ccc2c(c1)CCC(CO)C2. The third-order valence-electron chi connectivity index (χ3n) is 3.70. The Bertz CT molecular complexity index is 505. The molecule has 1 atom stereocenters. The fourth-order valence-corrected chi connectivity index (χ4v) is 2.64. The van der Waals surface area contributed by atoms with E-state index in [1.807, 2.05) is 26.8 Å². The molecule has 0 bridgehead atoms. The van der Waals surface area contributed by atoms with Gasteiger partial charge in [-0.3, -0.25) is 0 Å². The predicted octanol–water partition coefficient (Wildman–Crippen LogP) is 2.81. The van der Waals surface area contributed by atoms with Crippen LogP contribution < -0.4 is 5.32 Å². The van der Waals surface area contributed by atoms with Gasteiger partial charge in [-0.2, -0.15) is 0 Å². The molecular formula is C17H25NO3. The van der Waals surface area contributed by atoms with Crippen LogP contribution >= 0.6 is 0 Å². The zero-order valence-electron chi connectivity index (χ0n) is 13.1. The minimum Gasteiger partial charge on any atom is -0.444 e. The van der Waals surface area contributed by atoms with Crippen molar-refractivity contribution in [3.05, 3.63) is 34.9 Å². The van der Waals surface area contributed by atoms with Crippen molar-refractivity contribution in [3.8, 4) is 0 Å². The molecule has 1 aliphatic rings. The Morgan fingerprint density at radius 2 is 2.14 bits per heavy atom. The summed E-state index contributed by atoms with van der Waals surface area (Å²) in [5, 5.41) is 12.0. The fraction of sp³-hybridized carbons (Fsp3) is 0.588. The summed E-state index contributed by atoms with van der Waals surface area (Å²) >= 11 is 0. The van der Waals surface area contributed by atoms with Gasteiger partial charge < -0.3 is 15.2 Å². The highest BCUT2D eigenvalue weighted by Crippen LogP contribution is 2.26. The minimum atomic E-state index is -0.473. The van der Waals surface area contributed by atoms with Crippen molar-refractivity contribution in [2.45, 2.75) is 52.2 Å². The van der Waals surface area contributed by atoms with Gasteiger partial charge in [-0.25, -0.2) is 4.79 Å². The highest BCUT2D eigenvalue weighted by atomic mass is 16.6. The Hall–Kier alpha value is -1.55. The van der Waals surface area contributed by atoms with Crippen molar-refractivity contribution >= 4 is 6.09 Å². The van der Waals surface area contributed by atoms with Crippen molar-refractivity contribution < 1.29 is 14.6 Å². The maximum Gasteiger partial charge on any atom is 0.407 e. The van der Waals surface area contributed by atoms with Gasteiger partial charge in [0.1, 0.15) is 5.60 Å². The van der Waals surface area contributed by atoms with Crippen LogP contribution in [0.15, 0.2) is 18.2 Å². The summed E-state index contributed by atoms with van der Waals surface area (Å²) in [5.74, 6) is 0.392. The first-order valence-corrected chi connectivity index (χ1v) is 7.56. The van der Waals surface area contributed by atoms with Gasteiger partial charge in [0.25, 0.3) is 0 Å². The second-order valence-electron chi connectivity index (χ2n) is 6.75. The molecule has 0 saturated heterocycles. The molecule has 1 amide bonds. The van der Waals surface area contributed by atoms with E-state index in [1.165, 1.54) is 11.1 Å². The van der Waals surface area contributed by atoms with E-state index in [9.17, 15) is 9.90 Å². The molecule has 2 N–H and O–H groups in total. The molecule has 0 spiro atoms. The monoisotopic (exact) mass is 291 g/mol. The molecule has 1 unspecified atom stereocenters. The van der Waals surface area contributed by atoms with Gasteiger partial charge in [-0.1, -0.05) is 18.2 Å². The van der Waals surface area contributed by atoms with Crippen molar-refractivity contribution in [1.82, 2.24) is 5.32 Å². The molecular weight excluding hydrogens is 266 g/mol. The van der Waals surface area contributed by atoms with Gasteiger partial charge in [0.2, 0.25) is 0 Å². The molecule has 4 heteroatoms. The van der Waals surface area contributed by atoms with Gasteiger partial charge in [0.05, 0.1) is 0 Å². The summed E-state index contributed by atoms with van der Waals surface area (Å²) in [4.78, 5) is 11.6. The number of carbonyl (C=O) groups is 1. The van der Waals surface area contributed by atoms with Crippen LogP contribution in [0, 0.1) is 5.92 Å². The van der Waals surface area contributed by atoms with Crippen LogP contribution in [0.4, 0.5) is 4.79 Å². The van der Waals surface area contributed by atoms with E-state index in [4.69, 9.17) is 4.74 Å². The van der Waals surface area contributed by atoms with Crippen LogP contribution in [0.3, 0.4) is 0 Å². The summed E-state index contributed by atoms with van der Waals surface area (Å²) in [6.45, 7) is 6.29. The number of carbonyl (C=O) groups excluding carboxylic acids is 1. The lowest BCUT2D eigenvalue weighted by Gasteiger charge is -2.23. The molecule has 0 fully saturated rings. The van der Waals surface area contributed by atoms with Gasteiger partial charge in [0.15, 0.2) is 0 Å². The molecule has 0 aromatic heterocycles. The molecule has 0 radical (unpaired) electrons. The summed E-state index contributed by atoms with van der Waals surface area (Å²) in [6, 6.07) is 6.31. The third kappa shape index (κ3) is 4.74. The molecule has 4 nitrogen and oxygen atoms in total. The second kappa shape index (κ2) is 6.48. The maximum atomic E-state index is 11.6. The number of alkyl carbamates (subject to hydrolysis) is 1. The zero-order valence-corrected chi connectivity index (χ0v) is 13.1. The van der Waals surface area contributed by atoms with E-state index in [0.717, 1.165) is 24.8 Å². The molecule has 116 valence electrons. The Morgan fingerprint density at radius 1 is 1.38 bits per heavy atom. The number of aliphatic hydroxyl groups excluding tert-OH is 1. The summed E-state index contributed by atoms with van der Waals surface area (Å²) in [7, 11) is 0. The Kier molecular flexibility index (Phi) is 4.88. The highest BCUT2D eigenvalue weighted by molar-refractivity contribution is 5.67. The van der Waals surface area contributed by atoms with Crippen molar-refractivity contribution in [2.24, 2.45) is 5.92 Å². The van der Waals surface area contributed by atoms with Gasteiger partial charge >= 0.3 is 6.09 Å². The number of hydrogen-bond acceptors (Lipinski definition) is 3. The number of nitrogens with one attached hydrogen (secondary N) is 1. The Labute approximate surface area is 126 Å². The normalized spacial score (nSPS) is 18.0. The number of ether oxygens (including phenoxy) is 1. The standard InChI is InChI=1S/C17H25NO3/c1-17(2,3)21-16(20)18-10-12-4-6-15-9-13(11-19)5-7-14(15)8-12/h4,6,8,13,19H,5,7,9-11H2,1-3H3,(H,18,20). The molecule has 1 aliphatic carbocycles. The topological polar surface area (TPSA) is 58.6 Å². The Balaban J connectivity index is 1.92. The van der Waals surface area contributed by atoms with E-state index in [1.54, 1.807) is 0 Å². The lowest BCUT2D eigenvalue weighted by molar-refractivity contribution is 0.0523. The first kappa shape index (κ1) is 15.8. The minimum absolute atomic E-state index is 0.265. The maximum absolute atomic E-state index is 11.6. The van der Waals surface area contributed by atoms with Crippen LogP contribution in [0.2, 0.25) is 0 Å². The molecule has 2 rings (SSSR count). The second-order valence-corrected chi connectivity index (χ2v) is 6.75. The summed E-state index contributed by atoms with van der Waals surface area (Å²) in [5.41, 5.74) is 3.27. The number of hydrogen-bond donors (Lipinski definition) is 2. The van der Waals surface area contributed by atoms with Crippen LogP contribution in [0.25, 0.3) is 0 Å². The molecule has 0 saturated carbocycles. The smallest absolute Gasteiger partial charge is 0.407 e. The van der Waals surface area contributed by atoms with Gasteiger partial charge in [-0.05, 0) is 62.6 Å². The van der Waals surface area contributed by atoms with Crippen molar-refractivity contribution in [2.75, 3.05) is 6.61 Å². The van der Waals surface area contributed by atoms with Crippen molar-refractivity contribution in [3.63, 3.8) is 0 Å². The van der Waals surface area contributed by atoms with E-state index in [-0.39, 0.29) is 12.7 Å². The molecule has 21 heavy (non-hydrogen) atoms. The number of rotatable bonds is 3. The van der Waals surface area contributed by atoms with Crippen LogP contribution in [0.5, 0.6) is 0 Å². The van der Waals surface area contributed by atoms with Gasteiger partial charge in [-0.15, -0.1) is 0 Å². The summed E-state index contributed by atoms with van der Waals surface area (Å²) in [6.07, 6.45) is 2.60. The molecule has 1 aromatic rings. The first-order chi connectivity index (χ1) is 9.87. The van der Waals surface area contributed by atoms with Crippen LogP contribution in [-0.4, -0.2) is 23.4 Å². The first-order valence-electron chi connectivity index (χ1n) is 7.56. The number of fused-ring (bicyclic) bond motifs is 1. The zero-order chi connectivity index (χ0) is 15.5. The van der Waals surface area contributed by atoms with Crippen LogP contribution in [-0.2, 0) is 24.1 Å². The predicted molar refractivity (Wildman–Crippen MR) is 82.1 cm³/mol. The fourth-order valence-electron chi connectivity index (χ4n) is 2.64. The molecule has 0 heterocycles. The largest absolute Gasteiger partial charge is 0.444 e. The van der Waals surface area contributed by atoms with E-state index < -0.39 is 5.60 Å². The quantitative estimate of drug-likeness (QED) is 0.900. The lowest BCUT2D eigenvalue weighted by atomic mass is 9.83. The van der Waals surface area contributed by atoms with Gasteiger partial charge in [0, 0.05) is 13.2 Å². The molecule has 1 aromatic carbocycles. The number of benzene rings is 1. The third-order valence-corrected chi connectivity index (χ3v) is 3.70. The van der Waals surface area contributed by atoms with E-state index >= 15 is 0 Å². The average molecular weight is 291 g/mol. The number of aryl methyl sites for hydroxylation is 1. The van der Waals surface area contributed by atoms with E-state index in [0.29, 0.717) is 12.5 Å². The Morgan fingerprint density at radius 3 is 2.81 bits per heavy atom. The van der Waals surface area contributed by atoms with Crippen molar-refractivity contribution in [1.29, 1.82) is 0 Å². The number of amides is 1. The lowest BCUT2D eigenvalue weighted by Crippen LogP contribution is -2.32. The van der Waals surface area contributed by atoms with Crippen LogP contribution in [0.1, 0.15) is 43.9 Å².